The quantitative estimate of drug-likeness (QED) is 0.565. The first kappa shape index (κ1) is 13.2. The van der Waals surface area contributed by atoms with Crippen molar-refractivity contribution in [3.8, 4) is 0 Å². The largest absolute Gasteiger partial charge is 0.231 e. The Hall–Kier alpha value is -0.860. The second-order valence-electron chi connectivity index (χ2n) is 5.35. The lowest BCUT2D eigenvalue weighted by Gasteiger charge is -2.17. The Kier molecular flexibility index (Phi) is 4.51. The summed E-state index contributed by atoms with van der Waals surface area (Å²) in [5.74, 6) is 0.570. The molecule has 0 fully saturated rings. The van der Waals surface area contributed by atoms with E-state index in [0.29, 0.717) is 12.5 Å². The SMILES string of the molecule is CC(C)c1ccc(COOC(C)(C)C)cc1. The Morgan fingerprint density at radius 1 is 1.06 bits per heavy atom. The number of hydrogen-bond donors (Lipinski definition) is 0. The first-order valence-corrected chi connectivity index (χ1v) is 5.78. The maximum Gasteiger partial charge on any atom is 0.107 e. The van der Waals surface area contributed by atoms with Crippen molar-refractivity contribution >= 4 is 0 Å². The normalized spacial score (nSPS) is 12.1. The van der Waals surface area contributed by atoms with Crippen molar-refractivity contribution in [1.82, 2.24) is 0 Å². The van der Waals surface area contributed by atoms with Crippen LogP contribution in [0.4, 0.5) is 0 Å². The predicted molar refractivity (Wildman–Crippen MR) is 66.2 cm³/mol. The second-order valence-corrected chi connectivity index (χ2v) is 5.35. The highest BCUT2D eigenvalue weighted by atomic mass is 17.2. The van der Waals surface area contributed by atoms with Crippen molar-refractivity contribution in [1.29, 1.82) is 0 Å². The topological polar surface area (TPSA) is 18.5 Å². The fourth-order valence-electron chi connectivity index (χ4n) is 1.27. The molecule has 0 aromatic heterocycles. The Morgan fingerprint density at radius 2 is 1.62 bits per heavy atom. The molecule has 0 saturated heterocycles. The Bertz CT molecular complexity index is 307. The van der Waals surface area contributed by atoms with E-state index in [2.05, 4.69) is 38.1 Å². The van der Waals surface area contributed by atoms with Crippen LogP contribution in [0.1, 0.15) is 51.7 Å². The van der Waals surface area contributed by atoms with Gasteiger partial charge in [-0.3, -0.25) is 0 Å². The summed E-state index contributed by atoms with van der Waals surface area (Å²) in [5.41, 5.74) is 2.23. The molecule has 0 aliphatic carbocycles. The van der Waals surface area contributed by atoms with Gasteiger partial charge in [0.1, 0.15) is 6.61 Å². The van der Waals surface area contributed by atoms with E-state index >= 15 is 0 Å². The highest BCUT2D eigenvalue weighted by Gasteiger charge is 2.11. The zero-order chi connectivity index (χ0) is 12.2. The molecule has 2 nitrogen and oxygen atoms in total. The van der Waals surface area contributed by atoms with Gasteiger partial charge in [-0.25, -0.2) is 9.78 Å². The molecule has 0 heterocycles. The fourth-order valence-corrected chi connectivity index (χ4v) is 1.27. The minimum absolute atomic E-state index is 0.252. The summed E-state index contributed by atoms with van der Waals surface area (Å²) >= 11 is 0. The van der Waals surface area contributed by atoms with Crippen LogP contribution < -0.4 is 0 Å². The van der Waals surface area contributed by atoms with Gasteiger partial charge in [0.05, 0.1) is 5.60 Å². The molecule has 0 saturated carbocycles. The molecule has 0 bridgehead atoms. The molecule has 1 aromatic carbocycles. The van der Waals surface area contributed by atoms with Crippen LogP contribution in [0.15, 0.2) is 24.3 Å². The summed E-state index contributed by atoms with van der Waals surface area (Å²) < 4.78 is 0. The van der Waals surface area contributed by atoms with Crippen LogP contribution in [0.5, 0.6) is 0 Å². The summed E-state index contributed by atoms with van der Waals surface area (Å²) in [6, 6.07) is 8.45. The Balaban J connectivity index is 2.44. The van der Waals surface area contributed by atoms with Crippen LogP contribution in [-0.2, 0) is 16.4 Å². The predicted octanol–water partition coefficient (Wildman–Crippen LogP) is 4.06. The van der Waals surface area contributed by atoms with E-state index in [1.165, 1.54) is 5.56 Å². The molecule has 1 rings (SSSR count). The second kappa shape index (κ2) is 5.46. The van der Waals surface area contributed by atoms with Crippen molar-refractivity contribution in [2.24, 2.45) is 0 Å². The van der Waals surface area contributed by atoms with E-state index in [0.717, 1.165) is 5.56 Å². The molecule has 0 unspecified atom stereocenters. The van der Waals surface area contributed by atoms with Crippen LogP contribution >= 0.6 is 0 Å². The van der Waals surface area contributed by atoms with E-state index in [1.54, 1.807) is 0 Å². The molecule has 0 spiro atoms. The summed E-state index contributed by atoms with van der Waals surface area (Å²) in [6.45, 7) is 10.8. The number of rotatable bonds is 4. The molecule has 0 N–H and O–H groups in total. The van der Waals surface area contributed by atoms with E-state index < -0.39 is 0 Å². The Morgan fingerprint density at radius 3 is 2.06 bits per heavy atom. The van der Waals surface area contributed by atoms with Gasteiger partial charge >= 0.3 is 0 Å². The summed E-state index contributed by atoms with van der Waals surface area (Å²) in [6.07, 6.45) is 0. The smallest absolute Gasteiger partial charge is 0.107 e. The average molecular weight is 222 g/mol. The van der Waals surface area contributed by atoms with Crippen LogP contribution in [0.3, 0.4) is 0 Å². The van der Waals surface area contributed by atoms with E-state index in [-0.39, 0.29) is 5.60 Å². The zero-order valence-corrected chi connectivity index (χ0v) is 10.9. The summed E-state index contributed by atoms with van der Waals surface area (Å²) in [4.78, 5) is 10.4. The van der Waals surface area contributed by atoms with Crippen LogP contribution in [-0.4, -0.2) is 5.60 Å². The molecule has 0 aliphatic rings. The van der Waals surface area contributed by atoms with Crippen LogP contribution in [0.25, 0.3) is 0 Å². The van der Waals surface area contributed by atoms with Gasteiger partial charge in [-0.2, -0.15) is 0 Å². The minimum atomic E-state index is -0.252. The lowest BCUT2D eigenvalue weighted by atomic mass is 10.0. The first-order valence-electron chi connectivity index (χ1n) is 5.78. The lowest BCUT2D eigenvalue weighted by molar-refractivity contribution is -0.356. The average Bonchev–Trinajstić information content (AvgIpc) is 2.16. The van der Waals surface area contributed by atoms with Crippen LogP contribution in [0, 0.1) is 0 Å². The van der Waals surface area contributed by atoms with E-state index in [1.807, 2.05) is 20.8 Å². The van der Waals surface area contributed by atoms with Gasteiger partial charge in [0.15, 0.2) is 0 Å². The van der Waals surface area contributed by atoms with Gasteiger partial charge in [0, 0.05) is 0 Å². The summed E-state index contributed by atoms with van der Waals surface area (Å²) in [5, 5.41) is 0. The number of hydrogen-bond acceptors (Lipinski definition) is 2. The van der Waals surface area contributed by atoms with Gasteiger partial charge in [-0.05, 0) is 37.8 Å². The molecule has 0 radical (unpaired) electrons. The van der Waals surface area contributed by atoms with Crippen LogP contribution in [0.2, 0.25) is 0 Å². The summed E-state index contributed by atoms with van der Waals surface area (Å²) in [7, 11) is 0. The molecular weight excluding hydrogens is 200 g/mol. The van der Waals surface area contributed by atoms with E-state index in [9.17, 15) is 0 Å². The highest BCUT2D eigenvalue weighted by Crippen LogP contribution is 2.16. The molecule has 0 atom stereocenters. The fraction of sp³-hybridized carbons (Fsp3) is 0.571. The molecule has 1 aromatic rings. The zero-order valence-electron chi connectivity index (χ0n) is 10.9. The molecule has 90 valence electrons. The van der Waals surface area contributed by atoms with E-state index in [4.69, 9.17) is 9.78 Å². The number of benzene rings is 1. The van der Waals surface area contributed by atoms with Crippen molar-refractivity contribution in [3.63, 3.8) is 0 Å². The molecule has 16 heavy (non-hydrogen) atoms. The van der Waals surface area contributed by atoms with Crippen molar-refractivity contribution in [2.75, 3.05) is 0 Å². The van der Waals surface area contributed by atoms with Crippen molar-refractivity contribution in [2.45, 2.75) is 52.7 Å². The maximum atomic E-state index is 5.21. The maximum absolute atomic E-state index is 5.21. The van der Waals surface area contributed by atoms with Crippen molar-refractivity contribution < 1.29 is 9.78 Å². The van der Waals surface area contributed by atoms with Gasteiger partial charge in [0.25, 0.3) is 0 Å². The lowest BCUT2D eigenvalue weighted by Crippen LogP contribution is -2.19. The molecular formula is C14H22O2. The monoisotopic (exact) mass is 222 g/mol. The van der Waals surface area contributed by atoms with Gasteiger partial charge in [0.2, 0.25) is 0 Å². The third kappa shape index (κ3) is 4.77. The third-order valence-electron chi connectivity index (χ3n) is 2.18. The molecule has 0 aliphatic heterocycles. The molecule has 0 amide bonds. The molecule has 2 heteroatoms. The first-order chi connectivity index (χ1) is 7.38. The Labute approximate surface area is 98.5 Å². The van der Waals surface area contributed by atoms with Gasteiger partial charge in [-0.1, -0.05) is 38.1 Å². The standard InChI is InChI=1S/C14H22O2/c1-11(2)13-8-6-12(7-9-13)10-15-16-14(3,4)5/h6-9,11H,10H2,1-5H3. The van der Waals surface area contributed by atoms with Gasteiger partial charge in [-0.15, -0.1) is 0 Å². The minimum Gasteiger partial charge on any atom is -0.231 e. The van der Waals surface area contributed by atoms with Gasteiger partial charge < -0.3 is 0 Å². The third-order valence-corrected chi connectivity index (χ3v) is 2.18. The highest BCUT2D eigenvalue weighted by molar-refractivity contribution is 5.24. The van der Waals surface area contributed by atoms with Crippen molar-refractivity contribution in [3.05, 3.63) is 35.4 Å².